The summed E-state index contributed by atoms with van der Waals surface area (Å²) < 4.78 is 0. The van der Waals surface area contributed by atoms with E-state index >= 15 is 0 Å². The second-order valence-corrected chi connectivity index (χ2v) is 4.46. The third-order valence-electron chi connectivity index (χ3n) is 1.69. The van der Waals surface area contributed by atoms with Crippen molar-refractivity contribution in [3.63, 3.8) is 0 Å². The van der Waals surface area contributed by atoms with Gasteiger partial charge in [0.05, 0.1) is 6.07 Å². The summed E-state index contributed by atoms with van der Waals surface area (Å²) in [4.78, 5) is 12.1. The van der Waals surface area contributed by atoms with E-state index in [0.717, 1.165) is 4.90 Å². The van der Waals surface area contributed by atoms with Gasteiger partial charge < -0.3 is 5.11 Å². The number of hydrogen-bond acceptors (Lipinski definition) is 2. The van der Waals surface area contributed by atoms with Crippen molar-refractivity contribution < 1.29 is 9.90 Å². The van der Waals surface area contributed by atoms with Crippen LogP contribution < -0.4 is 0 Å². The summed E-state index contributed by atoms with van der Waals surface area (Å²) in [5.74, 6) is 0. The first-order valence-electron chi connectivity index (χ1n) is 4.07. The minimum absolute atomic E-state index is 0.564. The van der Waals surface area contributed by atoms with Gasteiger partial charge in [-0.3, -0.25) is 4.90 Å². The highest BCUT2D eigenvalue weighted by Crippen LogP contribution is 2.24. The van der Waals surface area contributed by atoms with Crippen molar-refractivity contribution in [2.45, 2.75) is 45.7 Å². The van der Waals surface area contributed by atoms with Crippen LogP contribution in [0.5, 0.6) is 0 Å². The predicted molar refractivity (Wildman–Crippen MR) is 49.3 cm³/mol. The molecule has 1 amide bonds. The van der Waals surface area contributed by atoms with Gasteiger partial charge in [-0.25, -0.2) is 4.79 Å². The second kappa shape index (κ2) is 3.25. The molecule has 0 aliphatic heterocycles. The molecule has 0 aromatic rings. The van der Waals surface area contributed by atoms with Crippen molar-refractivity contribution in [1.29, 1.82) is 5.26 Å². The molecule has 74 valence electrons. The molecule has 0 atom stereocenters. The average Bonchev–Trinajstić information content (AvgIpc) is 1.82. The highest BCUT2D eigenvalue weighted by molar-refractivity contribution is 5.67. The number of carboxylic acid groups (broad SMARTS) is 1. The fourth-order valence-electron chi connectivity index (χ4n) is 1.41. The number of rotatable bonds is 1. The van der Waals surface area contributed by atoms with Crippen LogP contribution in [0.3, 0.4) is 0 Å². The molecule has 0 aliphatic carbocycles. The van der Waals surface area contributed by atoms with Gasteiger partial charge in [0.25, 0.3) is 0 Å². The van der Waals surface area contributed by atoms with Crippen LogP contribution in [0, 0.1) is 11.3 Å². The lowest BCUT2D eigenvalue weighted by Gasteiger charge is -2.40. The summed E-state index contributed by atoms with van der Waals surface area (Å²) in [7, 11) is 0. The topological polar surface area (TPSA) is 64.3 Å². The quantitative estimate of drug-likeness (QED) is 0.678. The predicted octanol–water partition coefficient (Wildman–Crippen LogP) is 2.07. The van der Waals surface area contributed by atoms with Gasteiger partial charge in [-0.05, 0) is 34.6 Å². The third-order valence-corrected chi connectivity index (χ3v) is 1.69. The normalized spacial score (nSPS) is 12.0. The first-order chi connectivity index (χ1) is 5.63. The second-order valence-electron chi connectivity index (χ2n) is 4.46. The molecule has 0 saturated heterocycles. The number of amides is 1. The first-order valence-corrected chi connectivity index (χ1v) is 4.07. The summed E-state index contributed by atoms with van der Waals surface area (Å²) in [6.45, 7) is 8.47. The van der Waals surface area contributed by atoms with Crippen molar-refractivity contribution in [3.8, 4) is 6.07 Å². The highest BCUT2D eigenvalue weighted by atomic mass is 16.4. The SMILES string of the molecule is CC(C)(C)N(C(=O)O)C(C)(C)C#N. The van der Waals surface area contributed by atoms with Crippen LogP contribution >= 0.6 is 0 Å². The van der Waals surface area contributed by atoms with Gasteiger partial charge >= 0.3 is 6.09 Å². The smallest absolute Gasteiger partial charge is 0.409 e. The zero-order valence-electron chi connectivity index (χ0n) is 8.75. The van der Waals surface area contributed by atoms with Gasteiger partial charge in [0, 0.05) is 5.54 Å². The summed E-state index contributed by atoms with van der Waals surface area (Å²) in [5.41, 5.74) is -1.56. The van der Waals surface area contributed by atoms with Gasteiger partial charge in [-0.2, -0.15) is 5.26 Å². The summed E-state index contributed by atoms with van der Waals surface area (Å²) in [5, 5.41) is 17.8. The Bertz CT molecular complexity index is 245. The molecule has 0 aliphatic rings. The Morgan fingerprint density at radius 2 is 1.69 bits per heavy atom. The maximum absolute atomic E-state index is 10.9. The van der Waals surface area contributed by atoms with E-state index in [1.165, 1.54) is 0 Å². The minimum Gasteiger partial charge on any atom is -0.465 e. The lowest BCUT2D eigenvalue weighted by Crippen LogP contribution is -2.55. The van der Waals surface area contributed by atoms with Crippen LogP contribution in [-0.2, 0) is 0 Å². The molecule has 0 bridgehead atoms. The van der Waals surface area contributed by atoms with Crippen LogP contribution in [0.25, 0.3) is 0 Å². The van der Waals surface area contributed by atoms with E-state index in [-0.39, 0.29) is 0 Å². The Morgan fingerprint density at radius 1 is 1.31 bits per heavy atom. The average molecular weight is 184 g/mol. The largest absolute Gasteiger partial charge is 0.465 e. The Labute approximate surface area is 78.8 Å². The maximum atomic E-state index is 10.9. The van der Waals surface area contributed by atoms with Crippen LogP contribution in [0.4, 0.5) is 4.79 Å². The first kappa shape index (κ1) is 11.8. The van der Waals surface area contributed by atoms with E-state index in [9.17, 15) is 4.79 Å². The van der Waals surface area contributed by atoms with Crippen LogP contribution in [0.1, 0.15) is 34.6 Å². The van der Waals surface area contributed by atoms with Crippen LogP contribution in [0.2, 0.25) is 0 Å². The Kier molecular flexibility index (Phi) is 2.94. The van der Waals surface area contributed by atoms with Crippen molar-refractivity contribution in [2.24, 2.45) is 0 Å². The fraction of sp³-hybridized carbons (Fsp3) is 0.778. The highest BCUT2D eigenvalue weighted by Gasteiger charge is 2.38. The molecule has 4 nitrogen and oxygen atoms in total. The van der Waals surface area contributed by atoms with E-state index in [4.69, 9.17) is 10.4 Å². The number of nitriles is 1. The summed E-state index contributed by atoms with van der Waals surface area (Å²) >= 11 is 0. The van der Waals surface area contributed by atoms with E-state index in [0.29, 0.717) is 0 Å². The number of carbonyl (C=O) groups is 1. The van der Waals surface area contributed by atoms with E-state index in [1.54, 1.807) is 34.6 Å². The molecule has 0 unspecified atom stereocenters. The molecular weight excluding hydrogens is 168 g/mol. The monoisotopic (exact) mass is 184 g/mol. The maximum Gasteiger partial charge on any atom is 0.409 e. The number of hydrogen-bond donors (Lipinski definition) is 1. The zero-order valence-corrected chi connectivity index (χ0v) is 8.75. The van der Waals surface area contributed by atoms with Crippen LogP contribution in [-0.4, -0.2) is 27.2 Å². The molecule has 0 radical (unpaired) electrons. The van der Waals surface area contributed by atoms with Crippen molar-refractivity contribution in [1.82, 2.24) is 4.90 Å². The molecule has 0 aromatic carbocycles. The molecule has 0 spiro atoms. The lowest BCUT2D eigenvalue weighted by atomic mass is 9.96. The fourth-order valence-corrected chi connectivity index (χ4v) is 1.41. The van der Waals surface area contributed by atoms with E-state index in [2.05, 4.69) is 0 Å². The molecule has 4 heteroatoms. The molecule has 0 fully saturated rings. The van der Waals surface area contributed by atoms with Gasteiger partial charge in [0.15, 0.2) is 0 Å². The van der Waals surface area contributed by atoms with Gasteiger partial charge in [-0.15, -0.1) is 0 Å². The minimum atomic E-state index is -1.07. The van der Waals surface area contributed by atoms with E-state index < -0.39 is 17.2 Å². The molecule has 0 aromatic heterocycles. The third kappa shape index (κ3) is 2.62. The molecule has 0 rings (SSSR count). The summed E-state index contributed by atoms with van der Waals surface area (Å²) in [6.07, 6.45) is -1.07. The Balaban J connectivity index is 5.09. The standard InChI is InChI=1S/C9H16N2O2/c1-8(2,3)11(7(12)13)9(4,5)6-10/h1-5H3,(H,12,13). The lowest BCUT2D eigenvalue weighted by molar-refractivity contribution is 0.0569. The summed E-state index contributed by atoms with van der Waals surface area (Å²) in [6, 6.07) is 1.97. The zero-order chi connectivity index (χ0) is 10.9. The van der Waals surface area contributed by atoms with Crippen LogP contribution in [0.15, 0.2) is 0 Å². The van der Waals surface area contributed by atoms with Gasteiger partial charge in [0.1, 0.15) is 5.54 Å². The Morgan fingerprint density at radius 3 is 1.77 bits per heavy atom. The number of nitrogens with zero attached hydrogens (tertiary/aromatic N) is 2. The van der Waals surface area contributed by atoms with Gasteiger partial charge in [-0.1, -0.05) is 0 Å². The van der Waals surface area contributed by atoms with Crippen molar-refractivity contribution >= 4 is 6.09 Å². The molecule has 1 N–H and O–H groups in total. The van der Waals surface area contributed by atoms with Crippen molar-refractivity contribution in [3.05, 3.63) is 0 Å². The molecule has 13 heavy (non-hydrogen) atoms. The van der Waals surface area contributed by atoms with Crippen molar-refractivity contribution in [2.75, 3.05) is 0 Å². The Hall–Kier alpha value is -1.24. The molecular formula is C9H16N2O2. The van der Waals surface area contributed by atoms with E-state index in [1.807, 2.05) is 6.07 Å². The molecule has 0 saturated carbocycles. The van der Waals surface area contributed by atoms with Gasteiger partial charge in [0.2, 0.25) is 0 Å². The molecule has 0 heterocycles.